The summed E-state index contributed by atoms with van der Waals surface area (Å²) in [5.41, 5.74) is 2.72. The molecule has 0 unspecified atom stereocenters. The Morgan fingerprint density at radius 1 is 1.38 bits per heavy atom. The summed E-state index contributed by atoms with van der Waals surface area (Å²) in [6, 6.07) is 7.29. The number of rotatable bonds is 7. The smallest absolute Gasteiger partial charge is 0.0312 e. The Hall–Kier alpha value is -1.23. The molecule has 1 fully saturated rings. The molecular weight excluding hydrogens is 278 g/mol. The second-order valence-electron chi connectivity index (χ2n) is 5.98. The zero-order valence-electron chi connectivity index (χ0n) is 12.8. The lowest BCUT2D eigenvalue weighted by molar-refractivity contribution is 0.318. The quantitative estimate of drug-likeness (QED) is 0.850. The van der Waals surface area contributed by atoms with Gasteiger partial charge in [0.1, 0.15) is 0 Å². The van der Waals surface area contributed by atoms with Crippen LogP contribution >= 0.6 is 11.3 Å². The Labute approximate surface area is 131 Å². The van der Waals surface area contributed by atoms with E-state index in [1.165, 1.54) is 33.7 Å². The highest BCUT2D eigenvalue weighted by molar-refractivity contribution is 7.12. The van der Waals surface area contributed by atoms with Gasteiger partial charge in [-0.15, -0.1) is 11.3 Å². The van der Waals surface area contributed by atoms with Crippen molar-refractivity contribution in [2.24, 2.45) is 0 Å². The maximum absolute atomic E-state index is 4.18. The molecule has 0 saturated heterocycles. The lowest BCUT2D eigenvalue weighted by Gasteiger charge is -2.16. The molecule has 1 aliphatic carbocycles. The molecule has 0 aliphatic heterocycles. The first-order valence-corrected chi connectivity index (χ1v) is 8.41. The van der Waals surface area contributed by atoms with E-state index in [1.807, 2.05) is 29.8 Å². The molecule has 2 aromatic rings. The first-order valence-electron chi connectivity index (χ1n) is 7.60. The van der Waals surface area contributed by atoms with Gasteiger partial charge < -0.3 is 5.32 Å². The minimum atomic E-state index is 0.782. The molecule has 1 aliphatic rings. The molecule has 0 atom stereocenters. The van der Waals surface area contributed by atoms with Crippen LogP contribution in [0.5, 0.6) is 0 Å². The molecule has 21 heavy (non-hydrogen) atoms. The summed E-state index contributed by atoms with van der Waals surface area (Å²) in [7, 11) is 2.17. The van der Waals surface area contributed by atoms with Crippen molar-refractivity contribution in [3.63, 3.8) is 0 Å². The van der Waals surface area contributed by atoms with Gasteiger partial charge in [0.2, 0.25) is 0 Å². The third-order valence-corrected chi connectivity index (χ3v) is 4.92. The standard InChI is InChI=1S/C17H23N3S/c1-13-15(8-17(21-13)10-19-16-5-6-16)12-20(2)11-14-4-3-7-18-9-14/h3-4,7-9,16,19H,5-6,10-12H2,1-2H3. The van der Waals surface area contributed by atoms with E-state index < -0.39 is 0 Å². The third kappa shape index (κ3) is 4.37. The van der Waals surface area contributed by atoms with Gasteiger partial charge >= 0.3 is 0 Å². The van der Waals surface area contributed by atoms with Crippen molar-refractivity contribution in [2.75, 3.05) is 7.05 Å². The zero-order valence-corrected chi connectivity index (χ0v) is 13.6. The third-order valence-electron chi connectivity index (χ3n) is 3.83. The Balaban J connectivity index is 1.55. The minimum Gasteiger partial charge on any atom is -0.309 e. The Bertz CT molecular complexity index is 575. The number of nitrogens with zero attached hydrogens (tertiary/aromatic N) is 2. The molecule has 4 heteroatoms. The van der Waals surface area contributed by atoms with Crippen LogP contribution in [-0.4, -0.2) is 23.0 Å². The van der Waals surface area contributed by atoms with Crippen molar-refractivity contribution >= 4 is 11.3 Å². The number of nitrogens with one attached hydrogen (secondary N) is 1. The molecule has 0 bridgehead atoms. The fourth-order valence-electron chi connectivity index (χ4n) is 2.51. The van der Waals surface area contributed by atoms with Crippen LogP contribution in [0.4, 0.5) is 0 Å². The lowest BCUT2D eigenvalue weighted by atomic mass is 10.2. The summed E-state index contributed by atoms with van der Waals surface area (Å²) in [6.45, 7) is 5.21. The van der Waals surface area contributed by atoms with E-state index in [0.717, 1.165) is 25.7 Å². The highest BCUT2D eigenvalue weighted by Crippen LogP contribution is 2.25. The summed E-state index contributed by atoms with van der Waals surface area (Å²) in [4.78, 5) is 9.44. The van der Waals surface area contributed by atoms with Gasteiger partial charge in [0.05, 0.1) is 0 Å². The molecule has 2 aromatic heterocycles. The molecule has 2 heterocycles. The van der Waals surface area contributed by atoms with Crippen LogP contribution in [0.1, 0.15) is 33.7 Å². The molecule has 0 spiro atoms. The number of hydrogen-bond acceptors (Lipinski definition) is 4. The summed E-state index contributed by atoms with van der Waals surface area (Å²) in [5.74, 6) is 0. The van der Waals surface area contributed by atoms with Gasteiger partial charge in [-0.1, -0.05) is 6.07 Å². The lowest BCUT2D eigenvalue weighted by Crippen LogP contribution is -2.17. The molecule has 3 nitrogen and oxygen atoms in total. The number of thiophene rings is 1. The fourth-order valence-corrected chi connectivity index (χ4v) is 3.52. The Morgan fingerprint density at radius 3 is 2.95 bits per heavy atom. The maximum atomic E-state index is 4.18. The Morgan fingerprint density at radius 2 is 2.24 bits per heavy atom. The monoisotopic (exact) mass is 301 g/mol. The first-order chi connectivity index (χ1) is 10.2. The predicted molar refractivity (Wildman–Crippen MR) is 88.3 cm³/mol. The van der Waals surface area contributed by atoms with Crippen LogP contribution in [0.25, 0.3) is 0 Å². The largest absolute Gasteiger partial charge is 0.309 e. The van der Waals surface area contributed by atoms with Crippen molar-refractivity contribution in [1.82, 2.24) is 15.2 Å². The van der Waals surface area contributed by atoms with Crippen molar-refractivity contribution in [3.8, 4) is 0 Å². The highest BCUT2D eigenvalue weighted by atomic mass is 32.1. The van der Waals surface area contributed by atoms with Gasteiger partial charge in [-0.2, -0.15) is 0 Å². The van der Waals surface area contributed by atoms with Gasteiger partial charge in [0.25, 0.3) is 0 Å². The average Bonchev–Trinajstić information content (AvgIpc) is 3.23. The molecule has 0 radical (unpaired) electrons. The number of aryl methyl sites for hydroxylation is 1. The molecule has 3 rings (SSSR count). The van der Waals surface area contributed by atoms with Crippen molar-refractivity contribution in [2.45, 2.75) is 45.4 Å². The summed E-state index contributed by atoms with van der Waals surface area (Å²) in [5, 5.41) is 3.60. The summed E-state index contributed by atoms with van der Waals surface area (Å²) < 4.78 is 0. The highest BCUT2D eigenvalue weighted by Gasteiger charge is 2.20. The number of aromatic nitrogens is 1. The van der Waals surface area contributed by atoms with E-state index in [1.54, 1.807) is 0 Å². The molecule has 112 valence electrons. The first kappa shape index (κ1) is 14.7. The minimum absolute atomic E-state index is 0.782. The normalized spacial score (nSPS) is 14.8. The second-order valence-corrected chi connectivity index (χ2v) is 7.32. The van der Waals surface area contributed by atoms with Gasteiger partial charge in [0, 0.05) is 47.8 Å². The van der Waals surface area contributed by atoms with E-state index >= 15 is 0 Å². The predicted octanol–water partition coefficient (Wildman–Crippen LogP) is 3.34. The van der Waals surface area contributed by atoms with Gasteiger partial charge in [-0.25, -0.2) is 0 Å². The molecule has 1 saturated carbocycles. The number of pyridine rings is 1. The van der Waals surface area contributed by atoms with Gasteiger partial charge in [-0.05, 0) is 50.1 Å². The van der Waals surface area contributed by atoms with Crippen LogP contribution in [-0.2, 0) is 19.6 Å². The van der Waals surface area contributed by atoms with Gasteiger partial charge in [0.15, 0.2) is 0 Å². The van der Waals surface area contributed by atoms with Gasteiger partial charge in [-0.3, -0.25) is 9.88 Å². The maximum Gasteiger partial charge on any atom is 0.0312 e. The fraction of sp³-hybridized carbons (Fsp3) is 0.471. The van der Waals surface area contributed by atoms with Crippen molar-refractivity contribution < 1.29 is 0 Å². The average molecular weight is 301 g/mol. The second kappa shape index (κ2) is 6.69. The van der Waals surface area contributed by atoms with E-state index in [-0.39, 0.29) is 0 Å². The molecular formula is C17H23N3S. The van der Waals surface area contributed by atoms with Crippen molar-refractivity contribution in [1.29, 1.82) is 0 Å². The zero-order chi connectivity index (χ0) is 14.7. The van der Waals surface area contributed by atoms with Crippen LogP contribution in [0.3, 0.4) is 0 Å². The van der Waals surface area contributed by atoms with Crippen LogP contribution in [0.2, 0.25) is 0 Å². The van der Waals surface area contributed by atoms with E-state index in [9.17, 15) is 0 Å². The Kier molecular flexibility index (Phi) is 4.68. The topological polar surface area (TPSA) is 28.2 Å². The SMILES string of the molecule is Cc1sc(CNC2CC2)cc1CN(C)Cc1cccnc1. The molecule has 1 N–H and O–H groups in total. The van der Waals surface area contributed by atoms with E-state index in [0.29, 0.717) is 0 Å². The van der Waals surface area contributed by atoms with E-state index in [4.69, 9.17) is 0 Å². The van der Waals surface area contributed by atoms with Crippen LogP contribution in [0, 0.1) is 6.92 Å². The molecule has 0 amide bonds. The van der Waals surface area contributed by atoms with E-state index in [2.05, 4.69) is 41.3 Å². The summed E-state index contributed by atoms with van der Waals surface area (Å²) in [6.07, 6.45) is 6.48. The van der Waals surface area contributed by atoms with Crippen LogP contribution in [0.15, 0.2) is 30.6 Å². The van der Waals surface area contributed by atoms with Crippen molar-refractivity contribution in [3.05, 3.63) is 51.5 Å². The van der Waals surface area contributed by atoms with Crippen LogP contribution < -0.4 is 5.32 Å². The summed E-state index contributed by atoms with van der Waals surface area (Å²) >= 11 is 1.93. The molecule has 0 aromatic carbocycles. The number of hydrogen-bond donors (Lipinski definition) is 1.